The van der Waals surface area contributed by atoms with Gasteiger partial charge in [-0.2, -0.15) is 0 Å². The molecule has 1 aromatic rings. The van der Waals surface area contributed by atoms with E-state index in [1.165, 1.54) is 0 Å². The first-order valence-electron chi connectivity index (χ1n) is 6.66. The Labute approximate surface area is 123 Å². The van der Waals surface area contributed by atoms with E-state index in [1.807, 2.05) is 12.1 Å². The maximum absolute atomic E-state index is 5.73. The molecule has 1 aromatic carbocycles. The molecule has 0 fully saturated rings. The fraction of sp³-hybridized carbons (Fsp3) is 0.467. The topological polar surface area (TPSA) is 30.5 Å². The maximum Gasteiger partial charge on any atom is 0.119 e. The number of ether oxygens (including phenoxy) is 2. The minimum Gasteiger partial charge on any atom is -0.497 e. The van der Waals surface area contributed by atoms with Gasteiger partial charge >= 0.3 is 0 Å². The summed E-state index contributed by atoms with van der Waals surface area (Å²) in [5.74, 6) is 1.88. The molecule has 0 aliphatic carbocycles. The van der Waals surface area contributed by atoms with Crippen LogP contribution in [0.15, 0.2) is 34.5 Å². The van der Waals surface area contributed by atoms with Gasteiger partial charge in [-0.1, -0.05) is 22.9 Å². The zero-order valence-electron chi connectivity index (χ0n) is 11.4. The highest BCUT2D eigenvalue weighted by Gasteiger charge is 2.22. The normalized spacial score (nSPS) is 15.8. The van der Waals surface area contributed by atoms with E-state index >= 15 is 0 Å². The molecular formula is C15H20BrNO2. The van der Waals surface area contributed by atoms with Crippen molar-refractivity contribution in [3.8, 4) is 5.75 Å². The van der Waals surface area contributed by atoms with Crippen LogP contribution in [0.2, 0.25) is 0 Å². The number of hydrogen-bond donors (Lipinski definition) is 1. The van der Waals surface area contributed by atoms with Gasteiger partial charge < -0.3 is 14.8 Å². The van der Waals surface area contributed by atoms with Gasteiger partial charge in [-0.05, 0) is 42.8 Å². The van der Waals surface area contributed by atoms with Crippen LogP contribution >= 0.6 is 15.9 Å². The third kappa shape index (κ3) is 3.51. The predicted octanol–water partition coefficient (Wildman–Crippen LogP) is 3.80. The van der Waals surface area contributed by atoms with Crippen molar-refractivity contribution >= 4 is 15.9 Å². The van der Waals surface area contributed by atoms with Crippen LogP contribution in [-0.4, -0.2) is 20.3 Å². The van der Waals surface area contributed by atoms with E-state index in [0.717, 1.165) is 47.5 Å². The minimum atomic E-state index is 0.0897. The summed E-state index contributed by atoms with van der Waals surface area (Å²) in [6.45, 7) is 3.89. The largest absolute Gasteiger partial charge is 0.497 e. The second kappa shape index (κ2) is 6.96. The van der Waals surface area contributed by atoms with E-state index in [0.29, 0.717) is 0 Å². The summed E-state index contributed by atoms with van der Waals surface area (Å²) in [5.41, 5.74) is 1.15. The van der Waals surface area contributed by atoms with Gasteiger partial charge in [-0.25, -0.2) is 0 Å². The number of methoxy groups -OCH3 is 1. The van der Waals surface area contributed by atoms with E-state index in [4.69, 9.17) is 9.47 Å². The standard InChI is InChI=1S/C15H20BrNO2/c1-3-8-17-15(14-5-4-9-19-14)12-10-11(18-2)6-7-13(12)16/h5-7,10,15,17H,3-4,8-9H2,1-2H3. The van der Waals surface area contributed by atoms with Crippen molar-refractivity contribution in [3.63, 3.8) is 0 Å². The van der Waals surface area contributed by atoms with Crippen LogP contribution in [-0.2, 0) is 4.74 Å². The molecule has 0 radical (unpaired) electrons. The van der Waals surface area contributed by atoms with E-state index in [2.05, 4.69) is 40.3 Å². The Kier molecular flexibility index (Phi) is 5.28. The van der Waals surface area contributed by atoms with E-state index in [1.54, 1.807) is 7.11 Å². The minimum absolute atomic E-state index is 0.0897. The average molecular weight is 326 g/mol. The van der Waals surface area contributed by atoms with Crippen molar-refractivity contribution in [2.24, 2.45) is 0 Å². The van der Waals surface area contributed by atoms with Crippen LogP contribution in [0.5, 0.6) is 5.75 Å². The van der Waals surface area contributed by atoms with Crippen LogP contribution in [0.3, 0.4) is 0 Å². The second-order valence-electron chi connectivity index (χ2n) is 4.52. The first-order chi connectivity index (χ1) is 9.26. The molecule has 1 aliphatic heterocycles. The van der Waals surface area contributed by atoms with Crippen molar-refractivity contribution in [2.75, 3.05) is 20.3 Å². The summed E-state index contributed by atoms with van der Waals surface area (Å²) in [7, 11) is 1.69. The van der Waals surface area contributed by atoms with E-state index in [9.17, 15) is 0 Å². The van der Waals surface area contributed by atoms with Gasteiger partial charge in [0, 0.05) is 10.9 Å². The molecule has 2 rings (SSSR count). The highest BCUT2D eigenvalue weighted by Crippen LogP contribution is 2.33. The lowest BCUT2D eigenvalue weighted by Gasteiger charge is -2.22. The molecular weight excluding hydrogens is 306 g/mol. The van der Waals surface area contributed by atoms with Crippen molar-refractivity contribution in [2.45, 2.75) is 25.8 Å². The molecule has 0 spiro atoms. The smallest absolute Gasteiger partial charge is 0.119 e. The van der Waals surface area contributed by atoms with Crippen molar-refractivity contribution in [3.05, 3.63) is 40.1 Å². The highest BCUT2D eigenvalue weighted by atomic mass is 79.9. The lowest BCUT2D eigenvalue weighted by molar-refractivity contribution is 0.215. The third-order valence-electron chi connectivity index (χ3n) is 3.13. The molecule has 0 bridgehead atoms. The number of hydrogen-bond acceptors (Lipinski definition) is 3. The molecule has 1 N–H and O–H groups in total. The fourth-order valence-electron chi connectivity index (χ4n) is 2.16. The van der Waals surface area contributed by atoms with Gasteiger partial charge in [0.05, 0.1) is 19.8 Å². The number of benzene rings is 1. The first-order valence-corrected chi connectivity index (χ1v) is 7.45. The summed E-state index contributed by atoms with van der Waals surface area (Å²) in [4.78, 5) is 0. The monoisotopic (exact) mass is 325 g/mol. The third-order valence-corrected chi connectivity index (χ3v) is 3.85. The number of rotatable bonds is 6. The lowest BCUT2D eigenvalue weighted by atomic mass is 10.0. The van der Waals surface area contributed by atoms with Crippen molar-refractivity contribution in [1.29, 1.82) is 0 Å². The Hall–Kier alpha value is -1.00. The summed E-state index contributed by atoms with van der Waals surface area (Å²) in [6, 6.07) is 6.12. The molecule has 1 heterocycles. The van der Waals surface area contributed by atoms with Gasteiger partial charge in [0.1, 0.15) is 11.5 Å². The van der Waals surface area contributed by atoms with Crippen LogP contribution < -0.4 is 10.1 Å². The first kappa shape index (κ1) is 14.4. The average Bonchev–Trinajstić information content (AvgIpc) is 2.95. The van der Waals surface area contributed by atoms with Crippen LogP contribution in [0.4, 0.5) is 0 Å². The summed E-state index contributed by atoms with van der Waals surface area (Å²) >= 11 is 3.62. The van der Waals surface area contributed by atoms with Gasteiger partial charge in [-0.3, -0.25) is 0 Å². The molecule has 4 heteroatoms. The SMILES string of the molecule is CCCNC(C1=CCCO1)c1cc(OC)ccc1Br. The molecule has 104 valence electrons. The van der Waals surface area contributed by atoms with Gasteiger partial charge in [0.15, 0.2) is 0 Å². The number of nitrogens with one attached hydrogen (secondary N) is 1. The highest BCUT2D eigenvalue weighted by molar-refractivity contribution is 9.10. The fourth-order valence-corrected chi connectivity index (χ4v) is 2.64. The maximum atomic E-state index is 5.73. The molecule has 1 unspecified atom stereocenters. The molecule has 3 nitrogen and oxygen atoms in total. The molecule has 0 amide bonds. The van der Waals surface area contributed by atoms with Gasteiger partial charge in [-0.15, -0.1) is 0 Å². The Bertz CT molecular complexity index is 459. The summed E-state index contributed by atoms with van der Waals surface area (Å²) < 4.78 is 12.1. The summed E-state index contributed by atoms with van der Waals surface area (Å²) in [5, 5.41) is 3.54. The van der Waals surface area contributed by atoms with Crippen molar-refractivity contribution in [1.82, 2.24) is 5.32 Å². The predicted molar refractivity (Wildman–Crippen MR) is 80.4 cm³/mol. The Morgan fingerprint density at radius 2 is 2.32 bits per heavy atom. The van der Waals surface area contributed by atoms with Gasteiger partial charge in [0.25, 0.3) is 0 Å². The van der Waals surface area contributed by atoms with Crippen molar-refractivity contribution < 1.29 is 9.47 Å². The van der Waals surface area contributed by atoms with E-state index in [-0.39, 0.29) is 6.04 Å². The summed E-state index contributed by atoms with van der Waals surface area (Å²) in [6.07, 6.45) is 4.24. The van der Waals surface area contributed by atoms with Crippen LogP contribution in [0.25, 0.3) is 0 Å². The lowest BCUT2D eigenvalue weighted by Crippen LogP contribution is -2.24. The quantitative estimate of drug-likeness (QED) is 0.862. The molecule has 0 saturated heterocycles. The zero-order valence-corrected chi connectivity index (χ0v) is 13.0. The Morgan fingerprint density at radius 3 is 2.95 bits per heavy atom. The molecule has 1 atom stereocenters. The Morgan fingerprint density at radius 1 is 1.47 bits per heavy atom. The molecule has 19 heavy (non-hydrogen) atoms. The number of halogens is 1. The van der Waals surface area contributed by atoms with Gasteiger partial charge in [0.2, 0.25) is 0 Å². The molecule has 1 aliphatic rings. The Balaban J connectivity index is 2.30. The molecule has 0 aromatic heterocycles. The zero-order chi connectivity index (χ0) is 13.7. The molecule has 0 saturated carbocycles. The van der Waals surface area contributed by atoms with E-state index < -0.39 is 0 Å². The van der Waals surface area contributed by atoms with Crippen LogP contribution in [0, 0.1) is 0 Å². The second-order valence-corrected chi connectivity index (χ2v) is 5.37. The van der Waals surface area contributed by atoms with Crippen LogP contribution in [0.1, 0.15) is 31.4 Å².